The number of hydrogen-bond acceptors (Lipinski definition) is 6. The molecule has 0 saturated heterocycles. The first-order valence-electron chi connectivity index (χ1n) is 7.95. The van der Waals surface area contributed by atoms with E-state index >= 15 is 0 Å². The van der Waals surface area contributed by atoms with Crippen molar-refractivity contribution in [1.29, 1.82) is 0 Å². The second-order valence-electron chi connectivity index (χ2n) is 5.47. The normalized spacial score (nSPS) is 12.4. The van der Waals surface area contributed by atoms with Crippen LogP contribution in [-0.2, 0) is 29.4 Å². The third-order valence-electron chi connectivity index (χ3n) is 3.66. The van der Waals surface area contributed by atoms with Crippen LogP contribution in [0.1, 0.15) is 15.9 Å². The summed E-state index contributed by atoms with van der Waals surface area (Å²) < 4.78 is 27.2. The van der Waals surface area contributed by atoms with Gasteiger partial charge in [0.2, 0.25) is 0 Å². The number of nitrogens with one attached hydrogen (secondary N) is 1. The lowest BCUT2D eigenvalue weighted by Crippen LogP contribution is -2.32. The molecule has 0 heterocycles. The average Bonchev–Trinajstić information content (AvgIpc) is 2.68. The van der Waals surface area contributed by atoms with E-state index < -0.39 is 25.8 Å². The monoisotopic (exact) mass is 393 g/mol. The topological polar surface area (TPSA) is 111 Å². The summed E-state index contributed by atoms with van der Waals surface area (Å²) in [5.41, 5.74) is 1.25. The molecule has 0 aliphatic rings. The van der Waals surface area contributed by atoms with Crippen LogP contribution < -0.4 is 5.32 Å². The molecule has 2 rings (SSSR count). The molecule has 0 fully saturated rings. The van der Waals surface area contributed by atoms with Crippen molar-refractivity contribution in [2.45, 2.75) is 12.5 Å². The number of carbonyl (C=O) groups is 2. The fourth-order valence-corrected chi connectivity index (χ4v) is 3.04. The zero-order valence-corrected chi connectivity index (χ0v) is 15.7. The van der Waals surface area contributed by atoms with Crippen LogP contribution in [0.25, 0.3) is 0 Å². The number of carboxylic acid groups (broad SMARTS) is 1. The van der Waals surface area contributed by atoms with Crippen molar-refractivity contribution < 1.29 is 32.8 Å². The second kappa shape index (κ2) is 9.43. The molecule has 8 nitrogen and oxygen atoms in total. The SMILES string of the molecule is COP(=O)(OC)O[C@@H](Cc1ccccc1)C(=O)Nc1ccc(C(=O)O)cc1. The van der Waals surface area contributed by atoms with Gasteiger partial charge in [-0.2, -0.15) is 0 Å². The fraction of sp³-hybridized carbons (Fsp3) is 0.222. The predicted molar refractivity (Wildman–Crippen MR) is 98.7 cm³/mol. The lowest BCUT2D eigenvalue weighted by atomic mass is 10.1. The Labute approximate surface area is 156 Å². The molecule has 27 heavy (non-hydrogen) atoms. The molecule has 144 valence electrons. The van der Waals surface area contributed by atoms with Crippen LogP contribution in [0, 0.1) is 0 Å². The predicted octanol–water partition coefficient (Wildman–Crippen LogP) is 3.35. The quantitative estimate of drug-likeness (QED) is 0.629. The number of aromatic carboxylic acids is 1. The first-order valence-corrected chi connectivity index (χ1v) is 9.41. The summed E-state index contributed by atoms with van der Waals surface area (Å²) in [6, 6.07) is 14.7. The highest BCUT2D eigenvalue weighted by atomic mass is 31.2. The number of rotatable bonds is 9. The summed E-state index contributed by atoms with van der Waals surface area (Å²) >= 11 is 0. The molecule has 0 aliphatic heterocycles. The van der Waals surface area contributed by atoms with Crippen molar-refractivity contribution in [3.63, 3.8) is 0 Å². The number of carboxylic acids is 1. The minimum Gasteiger partial charge on any atom is -0.478 e. The van der Waals surface area contributed by atoms with Gasteiger partial charge in [-0.25, -0.2) is 9.36 Å². The van der Waals surface area contributed by atoms with Crippen molar-refractivity contribution >= 4 is 25.4 Å². The third-order valence-corrected chi connectivity index (χ3v) is 5.07. The third kappa shape index (κ3) is 6.01. The Morgan fingerprint density at radius 1 is 1.04 bits per heavy atom. The van der Waals surface area contributed by atoms with Crippen molar-refractivity contribution in [3.05, 3.63) is 65.7 Å². The van der Waals surface area contributed by atoms with Gasteiger partial charge in [0.05, 0.1) is 5.56 Å². The molecule has 2 N–H and O–H groups in total. The van der Waals surface area contributed by atoms with Crippen molar-refractivity contribution in [3.8, 4) is 0 Å². The number of anilines is 1. The standard InChI is InChI=1S/C18H20NO7P/c1-24-27(23,25-2)26-16(12-13-6-4-3-5-7-13)17(20)19-15-10-8-14(9-11-15)18(21)22/h3-11,16H,12H2,1-2H3,(H,19,20)(H,21,22)/t16-/m0/s1. The van der Waals surface area contributed by atoms with Gasteiger partial charge in [0.1, 0.15) is 0 Å². The number of phosphoric ester groups is 1. The Morgan fingerprint density at radius 3 is 2.15 bits per heavy atom. The Hall–Kier alpha value is -2.51. The summed E-state index contributed by atoms with van der Waals surface area (Å²) in [6.45, 7) is 0. The average molecular weight is 393 g/mol. The number of carbonyl (C=O) groups excluding carboxylic acids is 1. The van der Waals surface area contributed by atoms with Gasteiger partial charge in [-0.15, -0.1) is 0 Å². The van der Waals surface area contributed by atoms with Crippen LogP contribution >= 0.6 is 7.82 Å². The Morgan fingerprint density at radius 2 is 1.63 bits per heavy atom. The number of hydrogen-bond donors (Lipinski definition) is 2. The lowest BCUT2D eigenvalue weighted by Gasteiger charge is -2.21. The molecule has 0 saturated carbocycles. The Kier molecular flexibility index (Phi) is 7.27. The van der Waals surface area contributed by atoms with E-state index in [0.717, 1.165) is 19.8 Å². The van der Waals surface area contributed by atoms with Crippen molar-refractivity contribution in [1.82, 2.24) is 0 Å². The van der Waals surface area contributed by atoms with Crippen LogP contribution in [0.3, 0.4) is 0 Å². The lowest BCUT2D eigenvalue weighted by molar-refractivity contribution is -0.123. The van der Waals surface area contributed by atoms with E-state index in [9.17, 15) is 14.2 Å². The molecule has 0 spiro atoms. The summed E-state index contributed by atoms with van der Waals surface area (Å²) in [6.07, 6.45) is -1.02. The number of phosphoric acid groups is 1. The van der Waals surface area contributed by atoms with Gasteiger partial charge in [-0.05, 0) is 29.8 Å². The van der Waals surface area contributed by atoms with E-state index in [1.165, 1.54) is 24.3 Å². The Balaban J connectivity index is 2.18. The highest BCUT2D eigenvalue weighted by Crippen LogP contribution is 2.49. The molecule has 0 bridgehead atoms. The van der Waals surface area contributed by atoms with Crippen LogP contribution in [0.4, 0.5) is 5.69 Å². The maximum Gasteiger partial charge on any atom is 0.475 e. The van der Waals surface area contributed by atoms with Gasteiger partial charge in [-0.1, -0.05) is 30.3 Å². The van der Waals surface area contributed by atoms with Crippen LogP contribution in [0.2, 0.25) is 0 Å². The van der Waals surface area contributed by atoms with Crippen LogP contribution in [0.5, 0.6) is 0 Å². The highest BCUT2D eigenvalue weighted by molar-refractivity contribution is 7.48. The minimum atomic E-state index is -3.89. The zero-order chi connectivity index (χ0) is 19.9. The van der Waals surface area contributed by atoms with Gasteiger partial charge in [0.25, 0.3) is 5.91 Å². The van der Waals surface area contributed by atoms with Gasteiger partial charge in [0.15, 0.2) is 6.10 Å². The van der Waals surface area contributed by atoms with E-state index in [4.69, 9.17) is 18.7 Å². The molecule has 2 aromatic rings. The number of benzene rings is 2. The second-order valence-corrected chi connectivity index (χ2v) is 7.30. The van der Waals surface area contributed by atoms with E-state index in [-0.39, 0.29) is 12.0 Å². The van der Waals surface area contributed by atoms with E-state index in [1.54, 1.807) is 24.3 Å². The highest BCUT2D eigenvalue weighted by Gasteiger charge is 2.32. The van der Waals surface area contributed by atoms with Gasteiger partial charge in [-0.3, -0.25) is 18.4 Å². The van der Waals surface area contributed by atoms with Gasteiger partial charge < -0.3 is 10.4 Å². The zero-order valence-electron chi connectivity index (χ0n) is 14.8. The molecule has 0 unspecified atom stereocenters. The van der Waals surface area contributed by atoms with Gasteiger partial charge >= 0.3 is 13.8 Å². The molecular weight excluding hydrogens is 373 g/mol. The molecule has 9 heteroatoms. The van der Waals surface area contributed by atoms with Crippen molar-refractivity contribution in [2.75, 3.05) is 19.5 Å². The largest absolute Gasteiger partial charge is 0.478 e. The molecule has 0 aliphatic carbocycles. The van der Waals surface area contributed by atoms with E-state index in [2.05, 4.69) is 5.32 Å². The Bertz CT molecular complexity index is 815. The van der Waals surface area contributed by atoms with Gasteiger partial charge in [0, 0.05) is 26.3 Å². The van der Waals surface area contributed by atoms with Crippen LogP contribution in [-0.4, -0.2) is 37.3 Å². The number of amides is 1. The molecular formula is C18H20NO7P. The molecule has 2 aromatic carbocycles. The van der Waals surface area contributed by atoms with Crippen molar-refractivity contribution in [2.24, 2.45) is 0 Å². The fourth-order valence-electron chi connectivity index (χ4n) is 2.24. The summed E-state index contributed by atoms with van der Waals surface area (Å²) in [4.78, 5) is 23.6. The van der Waals surface area contributed by atoms with E-state index in [1.807, 2.05) is 6.07 Å². The summed E-state index contributed by atoms with van der Waals surface area (Å²) in [5.74, 6) is -1.64. The summed E-state index contributed by atoms with van der Waals surface area (Å²) in [5, 5.41) is 11.5. The van der Waals surface area contributed by atoms with E-state index in [0.29, 0.717) is 5.69 Å². The smallest absolute Gasteiger partial charge is 0.475 e. The molecule has 0 radical (unpaired) electrons. The maximum atomic E-state index is 12.7. The maximum absolute atomic E-state index is 12.7. The first-order chi connectivity index (χ1) is 12.9. The molecule has 0 aromatic heterocycles. The molecule has 1 amide bonds. The first kappa shape index (κ1) is 20.8. The molecule has 1 atom stereocenters. The van der Waals surface area contributed by atoms with Crippen LogP contribution in [0.15, 0.2) is 54.6 Å². The summed E-state index contributed by atoms with van der Waals surface area (Å²) in [7, 11) is -1.57. The minimum absolute atomic E-state index is 0.0911.